The van der Waals surface area contributed by atoms with E-state index in [1.165, 1.54) is 12.1 Å². The number of ether oxygens (including phenoxy) is 1. The molecule has 0 heterocycles. The van der Waals surface area contributed by atoms with Crippen molar-refractivity contribution in [3.8, 4) is 5.75 Å². The van der Waals surface area contributed by atoms with Gasteiger partial charge in [0.25, 0.3) is 5.69 Å². The molecule has 0 fully saturated rings. The predicted octanol–water partition coefficient (Wildman–Crippen LogP) is 3.62. The number of hydrogen-bond donors (Lipinski definition) is 0. The van der Waals surface area contributed by atoms with Gasteiger partial charge in [0.05, 0.1) is 11.0 Å². The lowest BCUT2D eigenvalue weighted by molar-refractivity contribution is -0.384. The molecule has 0 bridgehead atoms. The molecular weight excluding hydrogens is 218 g/mol. The molecule has 0 aliphatic carbocycles. The van der Waals surface area contributed by atoms with E-state index < -0.39 is 4.92 Å². The summed E-state index contributed by atoms with van der Waals surface area (Å²) in [6.45, 7) is 9.22. The molecule has 17 heavy (non-hydrogen) atoms. The molecule has 0 aliphatic heterocycles. The maximum Gasteiger partial charge on any atom is 0.273 e. The normalized spacial score (nSPS) is 10.2. The van der Waals surface area contributed by atoms with Crippen molar-refractivity contribution in [2.24, 2.45) is 0 Å². The molecule has 0 aliphatic rings. The van der Waals surface area contributed by atoms with E-state index >= 15 is 0 Å². The SMILES string of the molecule is C=C(C)/C=C\C(=C)Oc1cccc([N+](=O)[O-])c1. The minimum atomic E-state index is -0.473. The number of non-ortho nitro benzene ring substituents is 1. The molecule has 0 N–H and O–H groups in total. The molecule has 1 aromatic carbocycles. The number of allylic oxidation sites excluding steroid dienone is 3. The highest BCUT2D eigenvalue weighted by atomic mass is 16.6. The quantitative estimate of drug-likeness (QED) is 0.336. The summed E-state index contributed by atoms with van der Waals surface area (Å²) in [5.41, 5.74) is 0.855. The largest absolute Gasteiger partial charge is 0.458 e. The molecular formula is C13H13NO3. The second-order valence-corrected chi connectivity index (χ2v) is 3.50. The summed E-state index contributed by atoms with van der Waals surface area (Å²) >= 11 is 0. The minimum Gasteiger partial charge on any atom is -0.458 e. The van der Waals surface area contributed by atoms with E-state index in [1.807, 2.05) is 6.92 Å². The lowest BCUT2D eigenvalue weighted by Crippen LogP contribution is -1.92. The fourth-order valence-electron chi connectivity index (χ4n) is 1.08. The van der Waals surface area contributed by atoms with E-state index in [1.54, 1.807) is 24.3 Å². The lowest BCUT2D eigenvalue weighted by Gasteiger charge is -2.04. The lowest BCUT2D eigenvalue weighted by atomic mass is 10.3. The van der Waals surface area contributed by atoms with Gasteiger partial charge in [-0.05, 0) is 19.1 Å². The third kappa shape index (κ3) is 4.34. The summed E-state index contributed by atoms with van der Waals surface area (Å²) in [5.74, 6) is 0.782. The molecule has 0 radical (unpaired) electrons. The summed E-state index contributed by atoms with van der Waals surface area (Å²) < 4.78 is 5.33. The van der Waals surface area contributed by atoms with Crippen molar-refractivity contribution in [3.63, 3.8) is 0 Å². The first-order chi connectivity index (χ1) is 7.99. The molecule has 0 spiro atoms. The Kier molecular flexibility index (Phi) is 4.22. The van der Waals surface area contributed by atoms with Gasteiger partial charge in [0.15, 0.2) is 0 Å². The number of nitro groups is 1. The van der Waals surface area contributed by atoms with Gasteiger partial charge in [0.1, 0.15) is 11.5 Å². The van der Waals surface area contributed by atoms with Crippen LogP contribution in [0.2, 0.25) is 0 Å². The van der Waals surface area contributed by atoms with Crippen molar-refractivity contribution < 1.29 is 9.66 Å². The Labute approximate surface area is 99.7 Å². The summed E-state index contributed by atoms with van der Waals surface area (Å²) in [6, 6.07) is 5.94. The van der Waals surface area contributed by atoms with Crippen LogP contribution in [0.3, 0.4) is 0 Å². The second-order valence-electron chi connectivity index (χ2n) is 3.50. The Morgan fingerprint density at radius 2 is 2.12 bits per heavy atom. The molecule has 0 amide bonds. The van der Waals surface area contributed by atoms with Gasteiger partial charge in [-0.3, -0.25) is 10.1 Å². The summed E-state index contributed by atoms with van der Waals surface area (Å²) in [7, 11) is 0. The number of benzene rings is 1. The summed E-state index contributed by atoms with van der Waals surface area (Å²) in [4.78, 5) is 10.1. The molecule has 0 unspecified atom stereocenters. The highest BCUT2D eigenvalue weighted by molar-refractivity contribution is 5.39. The van der Waals surface area contributed by atoms with Gasteiger partial charge in [0, 0.05) is 6.07 Å². The fraction of sp³-hybridized carbons (Fsp3) is 0.0769. The van der Waals surface area contributed by atoms with E-state index in [0.29, 0.717) is 11.5 Å². The number of rotatable bonds is 5. The van der Waals surface area contributed by atoms with Crippen LogP contribution in [0.25, 0.3) is 0 Å². The molecule has 0 atom stereocenters. The van der Waals surface area contributed by atoms with E-state index in [-0.39, 0.29) is 5.69 Å². The molecule has 88 valence electrons. The van der Waals surface area contributed by atoms with E-state index in [0.717, 1.165) is 5.57 Å². The van der Waals surface area contributed by atoms with E-state index in [4.69, 9.17) is 4.74 Å². The molecule has 4 nitrogen and oxygen atoms in total. The van der Waals surface area contributed by atoms with Crippen molar-refractivity contribution in [2.45, 2.75) is 6.92 Å². The Morgan fingerprint density at radius 1 is 1.41 bits per heavy atom. The molecule has 0 saturated carbocycles. The van der Waals surface area contributed by atoms with Crippen molar-refractivity contribution in [3.05, 3.63) is 71.0 Å². The van der Waals surface area contributed by atoms with Crippen molar-refractivity contribution in [1.82, 2.24) is 0 Å². The first-order valence-corrected chi connectivity index (χ1v) is 4.94. The molecule has 1 aromatic rings. The Hall–Kier alpha value is -2.36. The Balaban J connectivity index is 2.75. The van der Waals surface area contributed by atoms with Crippen molar-refractivity contribution in [1.29, 1.82) is 0 Å². The average Bonchev–Trinajstić information content (AvgIpc) is 2.26. The zero-order chi connectivity index (χ0) is 12.8. The van der Waals surface area contributed by atoms with Gasteiger partial charge in [-0.25, -0.2) is 0 Å². The molecule has 4 heteroatoms. The first kappa shape index (κ1) is 12.7. The highest BCUT2D eigenvalue weighted by Crippen LogP contribution is 2.20. The molecule has 0 saturated heterocycles. The van der Waals surface area contributed by atoms with Crippen LogP contribution in [0.15, 0.2) is 60.9 Å². The van der Waals surface area contributed by atoms with Crippen LogP contribution in [0.4, 0.5) is 5.69 Å². The van der Waals surface area contributed by atoms with E-state index in [9.17, 15) is 10.1 Å². The zero-order valence-electron chi connectivity index (χ0n) is 9.55. The third-order valence-corrected chi connectivity index (χ3v) is 1.83. The van der Waals surface area contributed by atoms with Gasteiger partial charge in [-0.1, -0.05) is 30.9 Å². The number of nitro benzene ring substituents is 1. The van der Waals surface area contributed by atoms with Crippen LogP contribution in [-0.2, 0) is 0 Å². The predicted molar refractivity (Wildman–Crippen MR) is 66.8 cm³/mol. The molecule has 1 rings (SSSR count). The van der Waals surface area contributed by atoms with Gasteiger partial charge in [0.2, 0.25) is 0 Å². The van der Waals surface area contributed by atoms with Gasteiger partial charge in [-0.2, -0.15) is 0 Å². The van der Waals surface area contributed by atoms with Gasteiger partial charge in [-0.15, -0.1) is 0 Å². The topological polar surface area (TPSA) is 52.4 Å². The maximum atomic E-state index is 10.6. The van der Waals surface area contributed by atoms with Crippen LogP contribution in [0, 0.1) is 10.1 Å². The zero-order valence-corrected chi connectivity index (χ0v) is 9.55. The minimum absolute atomic E-state index is 0.0146. The van der Waals surface area contributed by atoms with Crippen LogP contribution >= 0.6 is 0 Å². The fourth-order valence-corrected chi connectivity index (χ4v) is 1.08. The monoisotopic (exact) mass is 231 g/mol. The smallest absolute Gasteiger partial charge is 0.273 e. The number of hydrogen-bond acceptors (Lipinski definition) is 3. The first-order valence-electron chi connectivity index (χ1n) is 4.94. The van der Waals surface area contributed by atoms with Crippen molar-refractivity contribution in [2.75, 3.05) is 0 Å². The Bertz CT molecular complexity index is 489. The van der Waals surface area contributed by atoms with Crippen LogP contribution in [0.5, 0.6) is 5.75 Å². The van der Waals surface area contributed by atoms with Crippen LogP contribution < -0.4 is 4.74 Å². The maximum absolute atomic E-state index is 10.6. The third-order valence-electron chi connectivity index (χ3n) is 1.83. The Morgan fingerprint density at radius 3 is 2.71 bits per heavy atom. The van der Waals surface area contributed by atoms with E-state index in [2.05, 4.69) is 13.2 Å². The standard InChI is InChI=1S/C13H13NO3/c1-10(2)7-8-11(3)17-13-6-4-5-12(9-13)14(15)16/h4-9H,1,3H2,2H3/b8-7-. The second kappa shape index (κ2) is 5.65. The number of nitrogens with zero attached hydrogens (tertiary/aromatic N) is 1. The van der Waals surface area contributed by atoms with Gasteiger partial charge < -0.3 is 4.74 Å². The van der Waals surface area contributed by atoms with Crippen LogP contribution in [0.1, 0.15) is 6.92 Å². The van der Waals surface area contributed by atoms with Crippen LogP contribution in [-0.4, -0.2) is 4.92 Å². The van der Waals surface area contributed by atoms with Crippen molar-refractivity contribution >= 4 is 5.69 Å². The van der Waals surface area contributed by atoms with Gasteiger partial charge >= 0.3 is 0 Å². The summed E-state index contributed by atoms with van der Waals surface area (Å²) in [6.07, 6.45) is 3.40. The average molecular weight is 231 g/mol. The summed E-state index contributed by atoms with van der Waals surface area (Å²) in [5, 5.41) is 10.6. The molecule has 0 aromatic heterocycles. The highest BCUT2D eigenvalue weighted by Gasteiger charge is 2.06.